The molecule has 4 aromatic rings. The van der Waals surface area contributed by atoms with Crippen LogP contribution in [0.1, 0.15) is 28.2 Å². The molecule has 1 atom stereocenters. The van der Waals surface area contributed by atoms with Gasteiger partial charge in [0.25, 0.3) is 0 Å². The predicted octanol–water partition coefficient (Wildman–Crippen LogP) is 5.30. The number of carboxylic acids is 1. The van der Waals surface area contributed by atoms with Crippen LogP contribution in [0.3, 0.4) is 0 Å². The van der Waals surface area contributed by atoms with Crippen molar-refractivity contribution in [1.82, 2.24) is 5.32 Å². The van der Waals surface area contributed by atoms with Crippen molar-refractivity contribution in [1.29, 1.82) is 0 Å². The van der Waals surface area contributed by atoms with Gasteiger partial charge in [-0.1, -0.05) is 78.4 Å². The number of benzene rings is 4. The van der Waals surface area contributed by atoms with Crippen molar-refractivity contribution in [2.24, 2.45) is 0 Å². The summed E-state index contributed by atoms with van der Waals surface area (Å²) in [7, 11) is -4.01. The molecule has 0 saturated carbocycles. The topological polar surface area (TPSA) is 119 Å². The van der Waals surface area contributed by atoms with Crippen molar-refractivity contribution in [3.63, 3.8) is 0 Å². The van der Waals surface area contributed by atoms with Crippen LogP contribution < -0.4 is 9.50 Å². The van der Waals surface area contributed by atoms with E-state index in [0.29, 0.717) is 5.56 Å². The van der Waals surface area contributed by atoms with Gasteiger partial charge in [-0.2, -0.15) is 8.42 Å². The highest BCUT2D eigenvalue weighted by molar-refractivity contribution is 7.87. The molecule has 2 N–H and O–H groups in total. The number of aliphatic carboxylic acids is 1. The molecule has 0 radical (unpaired) electrons. The van der Waals surface area contributed by atoms with Crippen LogP contribution in [0.5, 0.6) is 5.75 Å². The minimum atomic E-state index is -4.01. The van der Waals surface area contributed by atoms with Gasteiger partial charge in [-0.15, -0.1) is 0 Å². The summed E-state index contributed by atoms with van der Waals surface area (Å²) in [6.07, 6.45) is -0.872. The molecule has 204 valence electrons. The number of carbonyl (C=O) groups excluding carboxylic acids is 1. The Labute approximate surface area is 232 Å². The molecule has 40 heavy (non-hydrogen) atoms. The van der Waals surface area contributed by atoms with Gasteiger partial charge in [0.15, 0.2) is 0 Å². The molecule has 0 spiro atoms. The summed E-state index contributed by atoms with van der Waals surface area (Å²) in [4.78, 5) is 24.5. The second-order valence-corrected chi connectivity index (χ2v) is 11.1. The van der Waals surface area contributed by atoms with E-state index >= 15 is 0 Å². The second kappa shape index (κ2) is 11.2. The maximum Gasteiger partial charge on any atom is 0.407 e. The first kappa shape index (κ1) is 27.0. The van der Waals surface area contributed by atoms with Crippen molar-refractivity contribution in [2.75, 3.05) is 6.61 Å². The van der Waals surface area contributed by atoms with Gasteiger partial charge in [-0.3, -0.25) is 0 Å². The second-order valence-electron chi connectivity index (χ2n) is 9.56. The molecule has 1 amide bonds. The van der Waals surface area contributed by atoms with Gasteiger partial charge in [0, 0.05) is 12.3 Å². The van der Waals surface area contributed by atoms with Crippen LogP contribution in [0.25, 0.3) is 11.1 Å². The molecule has 0 bridgehead atoms. The molecule has 0 saturated heterocycles. The number of hydrogen-bond donors (Lipinski definition) is 2. The Kier molecular flexibility index (Phi) is 7.57. The third kappa shape index (κ3) is 5.84. The number of nitrogens with one attached hydrogen (secondary N) is 1. The Hall–Kier alpha value is -4.63. The van der Waals surface area contributed by atoms with E-state index in [1.807, 2.05) is 55.5 Å². The Morgan fingerprint density at radius 1 is 0.850 bits per heavy atom. The van der Waals surface area contributed by atoms with E-state index in [4.69, 9.17) is 8.92 Å². The summed E-state index contributed by atoms with van der Waals surface area (Å²) < 4.78 is 35.7. The molecule has 0 aromatic heterocycles. The van der Waals surface area contributed by atoms with E-state index in [1.165, 1.54) is 24.3 Å². The number of ether oxygens (including phenoxy) is 1. The molecule has 5 rings (SSSR count). The van der Waals surface area contributed by atoms with E-state index < -0.39 is 28.2 Å². The standard InChI is InChI=1S/C31H27NO7S/c1-20-10-16-23(17-11-20)40(36,37)39-22-14-12-21(13-15-22)18-29(30(33)34)32-31(35)38-19-28-26-8-4-2-6-24(26)25-7-3-5-9-27(25)28/h2-17,28-29H,18-19H2,1H3,(H,32,35)(H,33,34)/t29-/m0/s1. The number of aryl methyl sites for hydroxylation is 1. The highest BCUT2D eigenvalue weighted by Crippen LogP contribution is 2.44. The largest absolute Gasteiger partial charge is 0.480 e. The number of carbonyl (C=O) groups is 2. The number of hydrogen-bond acceptors (Lipinski definition) is 6. The van der Waals surface area contributed by atoms with Crippen molar-refractivity contribution in [3.05, 3.63) is 119 Å². The van der Waals surface area contributed by atoms with Gasteiger partial charge < -0.3 is 19.3 Å². The quantitative estimate of drug-likeness (QED) is 0.268. The van der Waals surface area contributed by atoms with Crippen LogP contribution in [0, 0.1) is 6.92 Å². The third-order valence-corrected chi connectivity index (χ3v) is 8.07. The molecule has 8 nitrogen and oxygen atoms in total. The number of alkyl carbamates (subject to hydrolysis) is 1. The van der Waals surface area contributed by atoms with Crippen molar-refractivity contribution < 1.29 is 32.0 Å². The Morgan fingerprint density at radius 3 is 2.00 bits per heavy atom. The van der Waals surface area contributed by atoms with Crippen molar-refractivity contribution in [3.8, 4) is 16.9 Å². The Morgan fingerprint density at radius 2 is 1.43 bits per heavy atom. The molecular weight excluding hydrogens is 530 g/mol. The molecule has 4 aromatic carbocycles. The maximum absolute atomic E-state index is 12.6. The highest BCUT2D eigenvalue weighted by Gasteiger charge is 2.30. The summed E-state index contributed by atoms with van der Waals surface area (Å²) in [5.74, 6) is -1.29. The fourth-order valence-electron chi connectivity index (χ4n) is 4.78. The monoisotopic (exact) mass is 557 g/mol. The van der Waals surface area contributed by atoms with Crippen LogP contribution in [0.2, 0.25) is 0 Å². The van der Waals surface area contributed by atoms with Crippen molar-refractivity contribution >= 4 is 22.2 Å². The SMILES string of the molecule is Cc1ccc(S(=O)(=O)Oc2ccc(C[C@H](NC(=O)OCC3c4ccccc4-c4ccccc43)C(=O)O)cc2)cc1. The van der Waals surface area contributed by atoms with E-state index in [9.17, 15) is 23.1 Å². The molecule has 1 aliphatic rings. The fraction of sp³-hybridized carbons (Fsp3) is 0.161. The summed E-state index contributed by atoms with van der Waals surface area (Å²) in [5, 5.41) is 12.1. The van der Waals surface area contributed by atoms with Gasteiger partial charge in [0.1, 0.15) is 23.3 Å². The summed E-state index contributed by atoms with van der Waals surface area (Å²) >= 11 is 0. The van der Waals surface area contributed by atoms with E-state index in [-0.39, 0.29) is 29.6 Å². The summed E-state index contributed by atoms with van der Waals surface area (Å²) in [6, 6.07) is 26.9. The molecule has 1 aliphatic carbocycles. The number of rotatable bonds is 9. The third-order valence-electron chi connectivity index (χ3n) is 6.81. The highest BCUT2D eigenvalue weighted by atomic mass is 32.2. The molecule has 9 heteroatoms. The van der Waals surface area contributed by atoms with E-state index in [2.05, 4.69) is 5.32 Å². The van der Waals surface area contributed by atoms with Crippen LogP contribution in [-0.2, 0) is 26.1 Å². The van der Waals surface area contributed by atoms with Crippen LogP contribution in [-0.4, -0.2) is 38.2 Å². The Bertz CT molecular complexity index is 1600. The molecule has 0 aliphatic heterocycles. The fourth-order valence-corrected chi connectivity index (χ4v) is 5.71. The first-order valence-electron chi connectivity index (χ1n) is 12.7. The average Bonchev–Trinajstić information content (AvgIpc) is 3.26. The van der Waals surface area contributed by atoms with Gasteiger partial charge in [0.05, 0.1) is 0 Å². The molecule has 0 fully saturated rings. The molecule has 0 heterocycles. The lowest BCUT2D eigenvalue weighted by Gasteiger charge is -2.17. The lowest BCUT2D eigenvalue weighted by Crippen LogP contribution is -2.42. The lowest BCUT2D eigenvalue weighted by molar-refractivity contribution is -0.139. The lowest BCUT2D eigenvalue weighted by atomic mass is 9.98. The molecule has 0 unspecified atom stereocenters. The minimum Gasteiger partial charge on any atom is -0.480 e. The number of carboxylic acid groups (broad SMARTS) is 1. The number of fused-ring (bicyclic) bond motifs is 3. The van der Waals surface area contributed by atoms with Crippen molar-refractivity contribution in [2.45, 2.75) is 30.2 Å². The number of amides is 1. The van der Waals surface area contributed by atoms with Crippen LogP contribution >= 0.6 is 0 Å². The first-order valence-corrected chi connectivity index (χ1v) is 14.1. The molecular formula is C31H27NO7S. The van der Waals surface area contributed by atoms with Gasteiger partial charge in [-0.05, 0) is 59.0 Å². The zero-order valence-corrected chi connectivity index (χ0v) is 22.4. The first-order chi connectivity index (χ1) is 19.2. The minimum absolute atomic E-state index is 0.0282. The maximum atomic E-state index is 12.6. The zero-order chi connectivity index (χ0) is 28.3. The normalized spacial score (nSPS) is 13.1. The van der Waals surface area contributed by atoms with Gasteiger partial charge in [-0.25, -0.2) is 9.59 Å². The Balaban J connectivity index is 1.20. The van der Waals surface area contributed by atoms with E-state index in [0.717, 1.165) is 27.8 Å². The zero-order valence-electron chi connectivity index (χ0n) is 21.6. The van der Waals surface area contributed by atoms with Crippen LogP contribution in [0.4, 0.5) is 4.79 Å². The van der Waals surface area contributed by atoms with Crippen LogP contribution in [0.15, 0.2) is 102 Å². The van der Waals surface area contributed by atoms with E-state index in [1.54, 1.807) is 24.3 Å². The average molecular weight is 558 g/mol. The smallest absolute Gasteiger partial charge is 0.407 e. The van der Waals surface area contributed by atoms with Gasteiger partial charge >= 0.3 is 22.2 Å². The van der Waals surface area contributed by atoms with Gasteiger partial charge in [0.2, 0.25) is 0 Å². The summed E-state index contributed by atoms with van der Waals surface area (Å²) in [6.45, 7) is 1.91. The predicted molar refractivity (Wildman–Crippen MR) is 149 cm³/mol. The summed E-state index contributed by atoms with van der Waals surface area (Å²) in [5.41, 5.74) is 5.77.